The smallest absolute Gasteiger partial charge is 0.423 e. The van der Waals surface area contributed by atoms with Gasteiger partial charge in [0, 0.05) is 16.5 Å². The lowest BCUT2D eigenvalue weighted by atomic mass is 9.80. The van der Waals surface area contributed by atoms with Crippen molar-refractivity contribution >= 4 is 56.0 Å². The summed E-state index contributed by atoms with van der Waals surface area (Å²) in [6.45, 7) is 0. The fourth-order valence-corrected chi connectivity index (χ4v) is 3.01. The summed E-state index contributed by atoms with van der Waals surface area (Å²) in [6, 6.07) is 23.9. The average molecular weight is 381 g/mol. The van der Waals surface area contributed by atoms with Gasteiger partial charge in [0.25, 0.3) is 0 Å². The monoisotopic (exact) mass is 381 g/mol. The number of rotatable bonds is 3. The zero-order chi connectivity index (χ0) is 18.5. The van der Waals surface area contributed by atoms with E-state index in [2.05, 4.69) is 41.3 Å². The van der Waals surface area contributed by atoms with Crippen LogP contribution in [0, 0.1) is 0 Å². The Morgan fingerprint density at radius 2 is 1.35 bits per heavy atom. The number of fused-ring (bicyclic) bond motifs is 3. The highest BCUT2D eigenvalue weighted by atomic mass is 33.1. The molecule has 0 spiro atoms. The maximum atomic E-state index is 9.43. The van der Waals surface area contributed by atoms with Crippen LogP contribution in [0.2, 0.25) is 0 Å². The third-order valence-corrected chi connectivity index (χ3v) is 5.51. The van der Waals surface area contributed by atoms with E-state index in [-0.39, 0.29) is 0 Å². The van der Waals surface area contributed by atoms with E-state index in [0.717, 1.165) is 27.5 Å². The Bertz CT molecular complexity index is 1000. The van der Waals surface area contributed by atoms with Gasteiger partial charge < -0.3 is 14.6 Å². The summed E-state index contributed by atoms with van der Waals surface area (Å²) >= 11 is 0. The summed E-state index contributed by atoms with van der Waals surface area (Å²) < 4.78 is 2.19. The summed E-state index contributed by atoms with van der Waals surface area (Å²) in [5.41, 5.74) is 3.75. The second-order valence-corrected chi connectivity index (χ2v) is 8.34. The molecule has 0 saturated heterocycles. The third-order valence-electron chi connectivity index (χ3n) is 4.18. The van der Waals surface area contributed by atoms with E-state index < -0.39 is 7.12 Å². The van der Waals surface area contributed by atoms with Crippen molar-refractivity contribution < 1.29 is 10.0 Å². The lowest BCUT2D eigenvalue weighted by molar-refractivity contribution is 0.426. The Balaban J connectivity index is 0.000000447. The Morgan fingerprint density at radius 3 is 2.00 bits per heavy atom. The largest absolute Gasteiger partial charge is 0.488 e. The highest BCUT2D eigenvalue weighted by molar-refractivity contribution is 8.76. The van der Waals surface area contributed by atoms with Crippen molar-refractivity contribution in [1.29, 1.82) is 0 Å². The predicted octanol–water partition coefficient (Wildman–Crippen LogP) is 4.09. The lowest BCUT2D eigenvalue weighted by Gasteiger charge is -2.07. The minimum absolute atomic E-state index is 0.503. The van der Waals surface area contributed by atoms with Gasteiger partial charge >= 0.3 is 7.12 Å². The maximum Gasteiger partial charge on any atom is 0.488 e. The standard InChI is InChI=1S/C18H14BNO2.C2H6S2/c21-19(22)13-10-11-18-16(12-13)15-8-4-5-9-17(15)20(18)14-6-2-1-3-7-14;1-3-4-2/h1-12,21-22H;1-2H3. The summed E-state index contributed by atoms with van der Waals surface area (Å²) in [7, 11) is 2.09. The van der Waals surface area contributed by atoms with Crippen LogP contribution in [0.3, 0.4) is 0 Å². The SMILES string of the molecule is CSSC.OB(O)c1ccc2c(c1)c1ccccc1n2-c1ccccc1. The van der Waals surface area contributed by atoms with Crippen molar-refractivity contribution in [3.8, 4) is 5.69 Å². The Morgan fingerprint density at radius 1 is 0.731 bits per heavy atom. The molecule has 2 N–H and O–H groups in total. The Kier molecular flexibility index (Phi) is 6.32. The molecule has 3 nitrogen and oxygen atoms in total. The van der Waals surface area contributed by atoms with Crippen molar-refractivity contribution in [2.24, 2.45) is 0 Å². The minimum Gasteiger partial charge on any atom is -0.423 e. The molecule has 26 heavy (non-hydrogen) atoms. The summed E-state index contributed by atoms with van der Waals surface area (Å²) in [6.07, 6.45) is 4.12. The van der Waals surface area contributed by atoms with Crippen LogP contribution in [-0.4, -0.2) is 34.2 Å². The maximum absolute atomic E-state index is 9.43. The van der Waals surface area contributed by atoms with E-state index in [4.69, 9.17) is 0 Å². The number of benzene rings is 3. The molecular formula is C20H20BNO2S2. The molecule has 1 heterocycles. The van der Waals surface area contributed by atoms with Gasteiger partial charge in [-0.2, -0.15) is 0 Å². The van der Waals surface area contributed by atoms with Gasteiger partial charge in [0.05, 0.1) is 11.0 Å². The van der Waals surface area contributed by atoms with E-state index >= 15 is 0 Å². The number of hydrogen-bond donors (Lipinski definition) is 2. The normalized spacial score (nSPS) is 10.6. The first-order valence-corrected chi connectivity index (χ1v) is 11.2. The molecular weight excluding hydrogens is 361 g/mol. The topological polar surface area (TPSA) is 45.4 Å². The summed E-state index contributed by atoms with van der Waals surface area (Å²) in [5, 5.41) is 21.0. The number of nitrogens with zero attached hydrogens (tertiary/aromatic N) is 1. The van der Waals surface area contributed by atoms with Crippen LogP contribution in [0.25, 0.3) is 27.5 Å². The van der Waals surface area contributed by atoms with Crippen LogP contribution >= 0.6 is 21.6 Å². The molecule has 0 fully saturated rings. The summed E-state index contributed by atoms with van der Waals surface area (Å²) in [5.74, 6) is 0. The average Bonchev–Trinajstić information content (AvgIpc) is 3.02. The van der Waals surface area contributed by atoms with Crippen LogP contribution in [0.4, 0.5) is 0 Å². The van der Waals surface area contributed by atoms with Crippen LogP contribution in [0.15, 0.2) is 72.8 Å². The van der Waals surface area contributed by atoms with Crippen molar-refractivity contribution in [1.82, 2.24) is 4.57 Å². The molecule has 132 valence electrons. The first-order valence-electron chi connectivity index (χ1n) is 8.19. The van der Waals surface area contributed by atoms with Gasteiger partial charge in [0.1, 0.15) is 0 Å². The molecule has 1 aromatic heterocycles. The van der Waals surface area contributed by atoms with E-state index in [1.54, 1.807) is 27.7 Å². The molecule has 3 aromatic carbocycles. The van der Waals surface area contributed by atoms with Crippen molar-refractivity contribution in [3.05, 3.63) is 72.8 Å². The Labute approximate surface area is 161 Å². The number of hydrogen-bond acceptors (Lipinski definition) is 4. The first-order chi connectivity index (χ1) is 12.7. The number of aromatic nitrogens is 1. The lowest BCUT2D eigenvalue weighted by Crippen LogP contribution is -2.29. The Hall–Kier alpha value is -1.86. The molecule has 0 aliphatic rings. The molecule has 0 saturated carbocycles. The van der Waals surface area contributed by atoms with E-state index in [9.17, 15) is 10.0 Å². The summed E-state index contributed by atoms with van der Waals surface area (Å²) in [4.78, 5) is 0. The second kappa shape index (κ2) is 8.69. The zero-order valence-corrected chi connectivity index (χ0v) is 16.3. The van der Waals surface area contributed by atoms with Gasteiger partial charge in [0.15, 0.2) is 0 Å². The third kappa shape index (κ3) is 3.79. The van der Waals surface area contributed by atoms with Crippen molar-refractivity contribution in [2.45, 2.75) is 0 Å². The molecule has 0 unspecified atom stereocenters. The fraction of sp³-hybridized carbons (Fsp3) is 0.100. The van der Waals surface area contributed by atoms with E-state index in [1.807, 2.05) is 42.5 Å². The molecule has 4 rings (SSSR count). The molecule has 0 aliphatic heterocycles. The fourth-order valence-electron chi connectivity index (χ4n) is 3.01. The van der Waals surface area contributed by atoms with Gasteiger partial charge in [0.2, 0.25) is 0 Å². The predicted molar refractivity (Wildman–Crippen MR) is 118 cm³/mol. The molecule has 0 aliphatic carbocycles. The van der Waals surface area contributed by atoms with Gasteiger partial charge in [-0.05, 0) is 42.2 Å². The van der Waals surface area contributed by atoms with Gasteiger partial charge in [-0.15, -0.1) is 0 Å². The van der Waals surface area contributed by atoms with E-state index in [0.29, 0.717) is 5.46 Å². The second-order valence-electron chi connectivity index (χ2n) is 5.67. The van der Waals surface area contributed by atoms with Crippen molar-refractivity contribution in [3.63, 3.8) is 0 Å². The molecule has 0 radical (unpaired) electrons. The molecule has 0 atom stereocenters. The molecule has 4 aromatic rings. The minimum atomic E-state index is -1.46. The van der Waals surface area contributed by atoms with Crippen LogP contribution in [0.1, 0.15) is 0 Å². The van der Waals surface area contributed by atoms with Crippen LogP contribution < -0.4 is 5.46 Å². The van der Waals surface area contributed by atoms with Gasteiger partial charge in [-0.1, -0.05) is 70.1 Å². The highest BCUT2D eigenvalue weighted by Gasteiger charge is 2.16. The first kappa shape index (κ1) is 18.9. The molecule has 6 heteroatoms. The quantitative estimate of drug-likeness (QED) is 0.415. The zero-order valence-electron chi connectivity index (χ0n) is 14.7. The van der Waals surface area contributed by atoms with Crippen molar-refractivity contribution in [2.75, 3.05) is 12.5 Å². The van der Waals surface area contributed by atoms with Crippen LogP contribution in [0.5, 0.6) is 0 Å². The number of para-hydroxylation sites is 2. The van der Waals surface area contributed by atoms with Crippen LogP contribution in [-0.2, 0) is 0 Å². The molecule has 0 bridgehead atoms. The van der Waals surface area contributed by atoms with E-state index in [1.165, 1.54) is 0 Å². The highest BCUT2D eigenvalue weighted by Crippen LogP contribution is 2.31. The molecule has 0 amide bonds. The van der Waals surface area contributed by atoms with Gasteiger partial charge in [-0.3, -0.25) is 0 Å². The van der Waals surface area contributed by atoms with Gasteiger partial charge in [-0.25, -0.2) is 0 Å².